The summed E-state index contributed by atoms with van der Waals surface area (Å²) in [5.74, 6) is 0.707. The molecule has 1 aromatic heterocycles. The van der Waals surface area contributed by atoms with Crippen molar-refractivity contribution in [1.29, 1.82) is 0 Å². The minimum atomic E-state index is -0.195. The van der Waals surface area contributed by atoms with E-state index >= 15 is 0 Å². The molecule has 0 fully saturated rings. The zero-order valence-electron chi connectivity index (χ0n) is 14.0. The van der Waals surface area contributed by atoms with Gasteiger partial charge in [-0.3, -0.25) is 9.48 Å². The van der Waals surface area contributed by atoms with Gasteiger partial charge < -0.3 is 10.1 Å². The monoisotopic (exact) mass is 347 g/mol. The summed E-state index contributed by atoms with van der Waals surface area (Å²) in [5, 5.41) is 7.71. The summed E-state index contributed by atoms with van der Waals surface area (Å²) in [6.45, 7) is 5.09. The molecule has 0 saturated carbocycles. The van der Waals surface area contributed by atoms with Gasteiger partial charge in [0.2, 0.25) is 0 Å². The highest BCUT2D eigenvalue weighted by molar-refractivity contribution is 6.33. The number of ether oxygens (including phenoxy) is 1. The van der Waals surface area contributed by atoms with Crippen LogP contribution in [0.5, 0.6) is 5.75 Å². The van der Waals surface area contributed by atoms with Crippen molar-refractivity contribution in [3.8, 4) is 5.75 Å². The predicted molar refractivity (Wildman–Crippen MR) is 93.8 cm³/mol. The number of carbonyl (C=O) groups excluding carboxylic acids is 1. The second kappa shape index (κ2) is 7.26. The van der Waals surface area contributed by atoms with E-state index in [1.807, 2.05) is 25.1 Å². The third-order valence-electron chi connectivity index (χ3n) is 4.22. The van der Waals surface area contributed by atoms with Gasteiger partial charge >= 0.3 is 0 Å². The second-order valence-electron chi connectivity index (χ2n) is 6.09. The van der Waals surface area contributed by atoms with Crippen molar-refractivity contribution in [2.75, 3.05) is 6.54 Å². The fourth-order valence-electron chi connectivity index (χ4n) is 2.93. The Bertz CT molecular complexity index is 717. The highest BCUT2D eigenvalue weighted by atomic mass is 35.5. The smallest absolute Gasteiger partial charge is 0.256 e. The number of benzene rings is 1. The number of fused-ring (bicyclic) bond motifs is 1. The number of nitrogens with one attached hydrogen (secondary N) is 1. The second-order valence-corrected chi connectivity index (χ2v) is 6.45. The van der Waals surface area contributed by atoms with E-state index in [4.69, 9.17) is 16.3 Å². The zero-order chi connectivity index (χ0) is 17.1. The van der Waals surface area contributed by atoms with Crippen LogP contribution < -0.4 is 10.1 Å². The van der Waals surface area contributed by atoms with Gasteiger partial charge in [-0.05, 0) is 25.0 Å². The molecular formula is C18H22ClN3O2. The number of aryl methyl sites for hydroxylation is 2. The van der Waals surface area contributed by atoms with Gasteiger partial charge in [0.25, 0.3) is 5.91 Å². The Morgan fingerprint density at radius 2 is 2.25 bits per heavy atom. The first-order valence-corrected chi connectivity index (χ1v) is 8.73. The number of hydrogen-bond donors (Lipinski definition) is 1. The quantitative estimate of drug-likeness (QED) is 0.871. The Labute approximate surface area is 147 Å². The molecule has 1 atom stereocenters. The maximum Gasteiger partial charge on any atom is 0.256 e. The van der Waals surface area contributed by atoms with E-state index in [1.165, 1.54) is 5.56 Å². The van der Waals surface area contributed by atoms with Crippen LogP contribution in [0.2, 0.25) is 5.15 Å². The summed E-state index contributed by atoms with van der Waals surface area (Å²) < 4.78 is 7.55. The summed E-state index contributed by atoms with van der Waals surface area (Å²) in [5.41, 5.74) is 2.30. The summed E-state index contributed by atoms with van der Waals surface area (Å²) >= 11 is 6.34. The third-order valence-corrected chi connectivity index (χ3v) is 4.60. The molecule has 128 valence electrons. The van der Waals surface area contributed by atoms with Crippen LogP contribution in [0.15, 0.2) is 24.3 Å². The Kier molecular flexibility index (Phi) is 5.09. The standard InChI is InChI=1S/C18H22ClN3O2/c1-3-4-9-22-17(19)16(12(2)21-22)18(23)20-11-14-10-13-7-5-6-8-15(13)24-14/h5-8,14H,3-4,9-11H2,1-2H3,(H,20,23). The normalized spacial score (nSPS) is 15.9. The van der Waals surface area contributed by atoms with Gasteiger partial charge in [0.05, 0.1) is 17.8 Å². The molecule has 1 N–H and O–H groups in total. The number of unbranched alkanes of at least 4 members (excludes halogenated alkanes) is 1. The number of carbonyl (C=O) groups is 1. The van der Waals surface area contributed by atoms with Crippen LogP contribution >= 0.6 is 11.6 Å². The molecule has 0 spiro atoms. The number of rotatable bonds is 6. The highest BCUT2D eigenvalue weighted by Crippen LogP contribution is 2.28. The first-order valence-electron chi connectivity index (χ1n) is 8.35. The lowest BCUT2D eigenvalue weighted by molar-refractivity contribution is 0.0933. The molecule has 0 bridgehead atoms. The topological polar surface area (TPSA) is 56.2 Å². The molecule has 5 nitrogen and oxygen atoms in total. The van der Waals surface area contributed by atoms with Crippen LogP contribution in [-0.2, 0) is 13.0 Å². The highest BCUT2D eigenvalue weighted by Gasteiger charge is 2.25. The van der Waals surface area contributed by atoms with Crippen LogP contribution in [0.3, 0.4) is 0 Å². The SMILES string of the molecule is CCCCn1nc(C)c(C(=O)NCC2Cc3ccccc3O2)c1Cl. The van der Waals surface area contributed by atoms with Crippen molar-refractivity contribution < 1.29 is 9.53 Å². The molecule has 1 aliphatic heterocycles. The third kappa shape index (κ3) is 3.41. The maximum atomic E-state index is 12.5. The zero-order valence-corrected chi connectivity index (χ0v) is 14.8. The Hall–Kier alpha value is -2.01. The van der Waals surface area contributed by atoms with Crippen LogP contribution in [0, 0.1) is 6.92 Å². The maximum absolute atomic E-state index is 12.5. The molecule has 3 rings (SSSR count). The van der Waals surface area contributed by atoms with Gasteiger partial charge in [0.1, 0.15) is 17.0 Å². The van der Waals surface area contributed by atoms with Crippen molar-refractivity contribution in [2.45, 2.75) is 45.8 Å². The Balaban J connectivity index is 1.61. The summed E-state index contributed by atoms with van der Waals surface area (Å²) in [6, 6.07) is 7.95. The van der Waals surface area contributed by atoms with Gasteiger partial charge in [0, 0.05) is 13.0 Å². The number of hydrogen-bond acceptors (Lipinski definition) is 3. The minimum absolute atomic E-state index is 0.0411. The Morgan fingerprint density at radius 3 is 3.00 bits per heavy atom. The minimum Gasteiger partial charge on any atom is -0.488 e. The van der Waals surface area contributed by atoms with E-state index in [0.717, 1.165) is 31.6 Å². The molecule has 0 aliphatic carbocycles. The van der Waals surface area contributed by atoms with E-state index in [1.54, 1.807) is 4.68 Å². The molecule has 6 heteroatoms. The summed E-state index contributed by atoms with van der Waals surface area (Å²) in [4.78, 5) is 12.5. The number of para-hydroxylation sites is 1. The Morgan fingerprint density at radius 1 is 1.46 bits per heavy atom. The fourth-order valence-corrected chi connectivity index (χ4v) is 3.27. The summed E-state index contributed by atoms with van der Waals surface area (Å²) in [7, 11) is 0. The number of aromatic nitrogens is 2. The molecule has 1 unspecified atom stereocenters. The van der Waals surface area contributed by atoms with Crippen molar-refractivity contribution in [1.82, 2.24) is 15.1 Å². The van der Waals surface area contributed by atoms with Crippen LogP contribution in [0.1, 0.15) is 41.4 Å². The first kappa shape index (κ1) is 16.8. The van der Waals surface area contributed by atoms with E-state index in [2.05, 4.69) is 23.4 Å². The molecule has 0 saturated heterocycles. The predicted octanol–water partition coefficient (Wildman–Crippen LogP) is 3.38. The van der Waals surface area contributed by atoms with Crippen LogP contribution in [0.25, 0.3) is 0 Å². The van der Waals surface area contributed by atoms with E-state index < -0.39 is 0 Å². The van der Waals surface area contributed by atoms with E-state index in [9.17, 15) is 4.79 Å². The van der Waals surface area contributed by atoms with Gasteiger partial charge in [-0.2, -0.15) is 5.10 Å². The molecule has 1 aliphatic rings. The van der Waals surface area contributed by atoms with Gasteiger partial charge in [0.15, 0.2) is 0 Å². The van der Waals surface area contributed by atoms with Crippen molar-refractivity contribution >= 4 is 17.5 Å². The molecule has 2 heterocycles. The van der Waals surface area contributed by atoms with Crippen molar-refractivity contribution in [3.63, 3.8) is 0 Å². The van der Waals surface area contributed by atoms with Crippen molar-refractivity contribution in [3.05, 3.63) is 46.2 Å². The summed E-state index contributed by atoms with van der Waals surface area (Å²) in [6.07, 6.45) is 2.80. The van der Waals surface area contributed by atoms with Crippen molar-refractivity contribution in [2.24, 2.45) is 0 Å². The van der Waals surface area contributed by atoms with E-state index in [-0.39, 0.29) is 12.0 Å². The number of nitrogens with zero attached hydrogens (tertiary/aromatic N) is 2. The lowest BCUT2D eigenvalue weighted by Gasteiger charge is -2.12. The molecule has 1 amide bonds. The lowest BCUT2D eigenvalue weighted by atomic mass is 10.1. The van der Waals surface area contributed by atoms with Gasteiger partial charge in [-0.25, -0.2) is 0 Å². The van der Waals surface area contributed by atoms with E-state index in [0.29, 0.717) is 23.0 Å². The molecule has 2 aromatic rings. The van der Waals surface area contributed by atoms with Crippen LogP contribution in [0.4, 0.5) is 0 Å². The number of amides is 1. The largest absolute Gasteiger partial charge is 0.488 e. The average Bonchev–Trinajstić information content (AvgIpc) is 3.11. The lowest BCUT2D eigenvalue weighted by Crippen LogP contribution is -2.34. The van der Waals surface area contributed by atoms with Crippen LogP contribution in [-0.4, -0.2) is 28.3 Å². The first-order chi connectivity index (χ1) is 11.6. The number of halogens is 1. The average molecular weight is 348 g/mol. The molecule has 0 radical (unpaired) electrons. The van der Waals surface area contributed by atoms with Gasteiger partial charge in [-0.15, -0.1) is 0 Å². The van der Waals surface area contributed by atoms with Gasteiger partial charge in [-0.1, -0.05) is 43.1 Å². The molecular weight excluding hydrogens is 326 g/mol. The fraction of sp³-hybridized carbons (Fsp3) is 0.444. The molecule has 24 heavy (non-hydrogen) atoms. The molecule has 1 aromatic carbocycles.